The molecule has 5 rings (SSSR count). The van der Waals surface area contributed by atoms with Gasteiger partial charge in [-0.1, -0.05) is 51.5 Å². The zero-order valence-corrected chi connectivity index (χ0v) is 28.9. The number of aromatic nitrogens is 1. The Morgan fingerprint density at radius 1 is 1.20 bits per heavy atom. The Kier molecular flexibility index (Phi) is 11.2. The van der Waals surface area contributed by atoms with E-state index in [1.165, 1.54) is 36.1 Å². The van der Waals surface area contributed by atoms with E-state index >= 15 is 0 Å². The van der Waals surface area contributed by atoms with Crippen LogP contribution < -0.4 is 0 Å². The van der Waals surface area contributed by atoms with Crippen LogP contribution in [0.4, 0.5) is 0 Å². The normalized spacial score (nSPS) is 33.2. The van der Waals surface area contributed by atoms with Crippen molar-refractivity contribution in [3.63, 3.8) is 0 Å². The summed E-state index contributed by atoms with van der Waals surface area (Å²) in [6.07, 6.45) is 19.2. The predicted octanol–water partition coefficient (Wildman–Crippen LogP) is 7.61. The Morgan fingerprint density at radius 3 is 2.69 bits per heavy atom. The van der Waals surface area contributed by atoms with Crippen LogP contribution in [-0.4, -0.2) is 51.2 Å². The van der Waals surface area contributed by atoms with Crippen LogP contribution in [0.5, 0.6) is 0 Å². The van der Waals surface area contributed by atoms with Gasteiger partial charge >= 0.3 is 5.97 Å². The highest BCUT2D eigenvalue weighted by atomic mass is 32.1. The second-order valence-electron chi connectivity index (χ2n) is 15.1. The SMILES string of the molecule is C=C1/C(=C\C=C2/CCC[C@]3(C)[C@@H]([C@H](C)CC[C@H](OC(=O)C(C)CO)C4(c5ncc(CCCC)s5)CC4)CC[C@@H]23)C[C@@H](O)C[C@@H]1O. The maximum Gasteiger partial charge on any atom is 0.311 e. The average molecular weight is 640 g/mol. The van der Waals surface area contributed by atoms with Crippen molar-refractivity contribution in [2.75, 3.05) is 6.61 Å². The summed E-state index contributed by atoms with van der Waals surface area (Å²) in [6.45, 7) is 12.8. The number of carbonyl (C=O) groups is 1. The lowest BCUT2D eigenvalue weighted by Crippen LogP contribution is -2.37. The lowest BCUT2D eigenvalue weighted by molar-refractivity contribution is -0.157. The Balaban J connectivity index is 1.29. The number of allylic oxidation sites excluding steroid dienone is 3. The van der Waals surface area contributed by atoms with Gasteiger partial charge < -0.3 is 20.1 Å². The number of thiazole rings is 1. The first kappa shape index (κ1) is 34.5. The first-order valence-corrected chi connectivity index (χ1v) is 18.6. The highest BCUT2D eigenvalue weighted by Crippen LogP contribution is 2.60. The molecule has 4 aliphatic rings. The topological polar surface area (TPSA) is 99.9 Å². The maximum absolute atomic E-state index is 13.0. The molecule has 0 bridgehead atoms. The summed E-state index contributed by atoms with van der Waals surface area (Å²) in [6, 6.07) is 0. The molecule has 4 aliphatic carbocycles. The van der Waals surface area contributed by atoms with E-state index in [1.807, 2.05) is 6.20 Å². The molecule has 4 saturated carbocycles. The second kappa shape index (κ2) is 14.5. The maximum atomic E-state index is 13.0. The molecule has 1 unspecified atom stereocenters. The number of ether oxygens (including phenoxy) is 1. The van der Waals surface area contributed by atoms with Gasteiger partial charge in [0, 0.05) is 17.5 Å². The fourth-order valence-electron chi connectivity index (χ4n) is 8.89. The molecule has 45 heavy (non-hydrogen) atoms. The molecular formula is C38H57NO5S. The first-order valence-electron chi connectivity index (χ1n) is 17.7. The minimum absolute atomic E-state index is 0.180. The standard InChI is InChI=1S/C38H57NO5S/c1-6-7-10-30-22-39-36(45-30)38(18-19-38)34(44-35(43)25(3)23-40)16-11-24(2)31-14-15-32-27(9-8-17-37(31,32)5)12-13-28-20-29(41)21-33(42)26(28)4/h12-13,22,24-25,29,31-34,40-42H,4,6-11,14-21,23H2,1-3,5H3/b27-12+,28-13-/t24-,25?,29-,31-,32+,33+,34+,37-/m1/s1. The number of carbonyl (C=O) groups excluding carboxylic acids is 1. The van der Waals surface area contributed by atoms with Crippen LogP contribution in [0.3, 0.4) is 0 Å². The zero-order valence-electron chi connectivity index (χ0n) is 28.1. The molecule has 1 aromatic rings. The summed E-state index contributed by atoms with van der Waals surface area (Å²) in [5, 5.41) is 31.3. The van der Waals surface area contributed by atoms with Crippen molar-refractivity contribution < 1.29 is 24.9 Å². The molecular weight excluding hydrogens is 582 g/mol. The molecule has 0 aromatic carbocycles. The van der Waals surface area contributed by atoms with Crippen molar-refractivity contribution in [1.29, 1.82) is 0 Å². The lowest BCUT2D eigenvalue weighted by Gasteiger charge is -2.44. The molecule has 0 saturated heterocycles. The molecule has 4 fully saturated rings. The zero-order chi connectivity index (χ0) is 32.4. The molecule has 3 N–H and O–H groups in total. The smallest absolute Gasteiger partial charge is 0.311 e. The van der Waals surface area contributed by atoms with Gasteiger partial charge in [-0.3, -0.25) is 4.79 Å². The second-order valence-corrected chi connectivity index (χ2v) is 16.2. The Bertz CT molecular complexity index is 1260. The van der Waals surface area contributed by atoms with Gasteiger partial charge in [-0.05, 0) is 118 Å². The number of fused-ring (bicyclic) bond motifs is 1. The molecule has 6 nitrogen and oxygen atoms in total. The summed E-state index contributed by atoms with van der Waals surface area (Å²) in [4.78, 5) is 19.2. The number of nitrogens with zero attached hydrogens (tertiary/aromatic N) is 1. The van der Waals surface area contributed by atoms with Gasteiger partial charge in [0.1, 0.15) is 11.1 Å². The van der Waals surface area contributed by atoms with Gasteiger partial charge in [0.15, 0.2) is 0 Å². The Morgan fingerprint density at radius 2 is 1.98 bits per heavy atom. The van der Waals surface area contributed by atoms with Crippen LogP contribution in [0.2, 0.25) is 0 Å². The van der Waals surface area contributed by atoms with E-state index in [0.717, 1.165) is 67.5 Å². The van der Waals surface area contributed by atoms with Crippen molar-refractivity contribution in [3.8, 4) is 0 Å². The molecule has 1 aromatic heterocycles. The van der Waals surface area contributed by atoms with Crippen LogP contribution in [0.1, 0.15) is 121 Å². The van der Waals surface area contributed by atoms with Crippen molar-refractivity contribution >= 4 is 17.3 Å². The number of hydrogen-bond donors (Lipinski definition) is 3. The van der Waals surface area contributed by atoms with Gasteiger partial charge in [-0.2, -0.15) is 0 Å². The number of aryl methyl sites for hydroxylation is 1. The third-order valence-electron chi connectivity index (χ3n) is 12.0. The minimum Gasteiger partial charge on any atom is -0.461 e. The largest absolute Gasteiger partial charge is 0.461 e. The summed E-state index contributed by atoms with van der Waals surface area (Å²) >= 11 is 1.81. The van der Waals surface area contributed by atoms with Crippen LogP contribution in [-0.2, 0) is 21.4 Å². The van der Waals surface area contributed by atoms with Gasteiger partial charge in [0.25, 0.3) is 0 Å². The summed E-state index contributed by atoms with van der Waals surface area (Å²) in [7, 11) is 0. The van der Waals surface area contributed by atoms with Gasteiger partial charge in [-0.25, -0.2) is 4.98 Å². The molecule has 250 valence electrons. The highest BCUT2D eigenvalue weighted by molar-refractivity contribution is 7.11. The van der Waals surface area contributed by atoms with Crippen LogP contribution in [0.25, 0.3) is 0 Å². The van der Waals surface area contributed by atoms with E-state index in [1.54, 1.807) is 18.3 Å². The van der Waals surface area contributed by atoms with E-state index in [2.05, 4.69) is 39.5 Å². The lowest BCUT2D eigenvalue weighted by atomic mass is 9.60. The summed E-state index contributed by atoms with van der Waals surface area (Å²) < 4.78 is 6.26. The van der Waals surface area contributed by atoms with Crippen LogP contribution in [0.15, 0.2) is 41.6 Å². The predicted molar refractivity (Wildman–Crippen MR) is 181 cm³/mol. The Labute approximate surface area is 275 Å². The fraction of sp³-hybridized carbons (Fsp3) is 0.737. The van der Waals surface area contributed by atoms with Crippen molar-refractivity contribution in [2.24, 2.45) is 29.1 Å². The van der Waals surface area contributed by atoms with E-state index < -0.39 is 18.1 Å². The number of unbranched alkanes of at least 4 members (excludes halogenated alkanes) is 1. The number of hydrogen-bond acceptors (Lipinski definition) is 7. The van der Waals surface area contributed by atoms with Gasteiger partial charge in [0.2, 0.25) is 0 Å². The summed E-state index contributed by atoms with van der Waals surface area (Å²) in [5.74, 6) is 0.841. The third-order valence-corrected chi connectivity index (χ3v) is 13.2. The number of aliphatic hydroxyl groups excluding tert-OH is 3. The van der Waals surface area contributed by atoms with E-state index in [0.29, 0.717) is 30.6 Å². The highest BCUT2D eigenvalue weighted by Gasteiger charge is 2.56. The Hall–Kier alpha value is -1.80. The number of esters is 1. The molecule has 0 amide bonds. The monoisotopic (exact) mass is 639 g/mol. The quantitative estimate of drug-likeness (QED) is 0.192. The van der Waals surface area contributed by atoms with Crippen molar-refractivity contribution in [1.82, 2.24) is 4.98 Å². The molecule has 0 aliphatic heterocycles. The van der Waals surface area contributed by atoms with Crippen molar-refractivity contribution in [2.45, 2.75) is 141 Å². The van der Waals surface area contributed by atoms with E-state index in [4.69, 9.17) is 9.72 Å². The van der Waals surface area contributed by atoms with E-state index in [9.17, 15) is 20.1 Å². The van der Waals surface area contributed by atoms with Crippen LogP contribution >= 0.6 is 11.3 Å². The minimum atomic E-state index is -0.657. The molecule has 1 heterocycles. The summed E-state index contributed by atoms with van der Waals surface area (Å²) in [5.41, 5.74) is 3.30. The molecule has 0 radical (unpaired) electrons. The molecule has 8 atom stereocenters. The first-order chi connectivity index (χ1) is 21.5. The van der Waals surface area contributed by atoms with E-state index in [-0.39, 0.29) is 29.5 Å². The third kappa shape index (κ3) is 7.37. The fourth-order valence-corrected chi connectivity index (χ4v) is 10.1. The van der Waals surface area contributed by atoms with Crippen molar-refractivity contribution in [3.05, 3.63) is 51.5 Å². The molecule has 0 spiro atoms. The number of rotatable bonds is 13. The average Bonchev–Trinajstić information content (AvgIpc) is 3.53. The molecule has 7 heteroatoms. The van der Waals surface area contributed by atoms with Gasteiger partial charge in [0.05, 0.1) is 30.1 Å². The number of aliphatic hydroxyl groups is 3. The van der Waals surface area contributed by atoms with Gasteiger partial charge in [-0.15, -0.1) is 11.3 Å². The van der Waals surface area contributed by atoms with Crippen LogP contribution in [0, 0.1) is 29.1 Å².